The lowest BCUT2D eigenvalue weighted by Gasteiger charge is -2.28. The Kier molecular flexibility index (Phi) is 8.04. The number of benzene rings is 1. The molecule has 12 heteroatoms. The summed E-state index contributed by atoms with van der Waals surface area (Å²) in [6.45, 7) is 3.52. The summed E-state index contributed by atoms with van der Waals surface area (Å²) in [5, 5.41) is 0.555. The van der Waals surface area contributed by atoms with Gasteiger partial charge in [0.1, 0.15) is 21.5 Å². The van der Waals surface area contributed by atoms with E-state index in [4.69, 9.17) is 21.3 Å². The van der Waals surface area contributed by atoms with Crippen molar-refractivity contribution in [1.82, 2.24) is 14.2 Å². The maximum atomic E-state index is 14.0. The standard InChI is InChI=1S/C23H29ClN4O4S3/c1-15-8-9-17(32-4)20-21(15)34-23(25-20)27(13-6-12-26(2)3)22(29)16-7-5-14-28(16)35(30,31)19-11-10-18(24)33-19/h8-11,16H,5-7,12-14H2,1-4H3. The number of aryl methyl sites for hydroxylation is 1. The lowest BCUT2D eigenvalue weighted by molar-refractivity contribution is -0.121. The van der Waals surface area contributed by atoms with Crippen LogP contribution in [0.5, 0.6) is 5.75 Å². The van der Waals surface area contributed by atoms with Crippen molar-refractivity contribution in [1.29, 1.82) is 0 Å². The zero-order valence-corrected chi connectivity index (χ0v) is 23.4. The normalized spacial score (nSPS) is 16.9. The van der Waals surface area contributed by atoms with Gasteiger partial charge in [0, 0.05) is 13.1 Å². The highest BCUT2D eigenvalue weighted by molar-refractivity contribution is 7.91. The predicted octanol–water partition coefficient (Wildman–Crippen LogP) is 4.47. The topological polar surface area (TPSA) is 83.0 Å². The van der Waals surface area contributed by atoms with E-state index >= 15 is 0 Å². The maximum Gasteiger partial charge on any atom is 0.253 e. The van der Waals surface area contributed by atoms with Crippen LogP contribution in [-0.2, 0) is 14.8 Å². The highest BCUT2D eigenvalue weighted by Gasteiger charge is 2.42. The number of anilines is 1. The molecule has 1 unspecified atom stereocenters. The van der Waals surface area contributed by atoms with Gasteiger partial charge in [-0.3, -0.25) is 9.69 Å². The van der Waals surface area contributed by atoms with E-state index in [-0.39, 0.29) is 10.1 Å². The molecule has 35 heavy (non-hydrogen) atoms. The predicted molar refractivity (Wildman–Crippen MR) is 143 cm³/mol. The lowest BCUT2D eigenvalue weighted by atomic mass is 10.2. The first-order valence-corrected chi connectivity index (χ1v) is 14.8. The van der Waals surface area contributed by atoms with Gasteiger partial charge in [0.25, 0.3) is 10.0 Å². The minimum absolute atomic E-state index is 0.154. The second-order valence-electron chi connectivity index (χ2n) is 8.74. The third kappa shape index (κ3) is 5.35. The molecule has 0 radical (unpaired) electrons. The number of thiophene rings is 1. The number of hydrogen-bond donors (Lipinski definition) is 0. The fraction of sp³-hybridized carbons (Fsp3) is 0.478. The molecule has 1 saturated heterocycles. The van der Waals surface area contributed by atoms with Crippen molar-refractivity contribution in [2.24, 2.45) is 0 Å². The monoisotopic (exact) mass is 556 g/mol. The molecule has 0 spiro atoms. The zero-order valence-electron chi connectivity index (χ0n) is 20.2. The van der Waals surface area contributed by atoms with Gasteiger partial charge in [-0.05, 0) is 70.6 Å². The molecule has 0 aliphatic carbocycles. The fourth-order valence-corrected chi connectivity index (χ4v) is 8.58. The second kappa shape index (κ2) is 10.7. The van der Waals surface area contributed by atoms with Crippen molar-refractivity contribution in [3.8, 4) is 5.75 Å². The molecule has 1 aliphatic heterocycles. The summed E-state index contributed by atoms with van der Waals surface area (Å²) < 4.78 is 35.1. The lowest BCUT2D eigenvalue weighted by Crippen LogP contribution is -2.48. The van der Waals surface area contributed by atoms with E-state index < -0.39 is 16.1 Å². The summed E-state index contributed by atoms with van der Waals surface area (Å²) in [6, 6.07) is 6.13. The van der Waals surface area contributed by atoms with E-state index in [1.165, 1.54) is 21.7 Å². The first-order valence-electron chi connectivity index (χ1n) is 11.3. The number of fused-ring (bicyclic) bond motifs is 1. The summed E-state index contributed by atoms with van der Waals surface area (Å²) in [4.78, 5) is 22.5. The van der Waals surface area contributed by atoms with Crippen LogP contribution in [0.4, 0.5) is 5.13 Å². The highest BCUT2D eigenvalue weighted by Crippen LogP contribution is 2.38. The number of rotatable bonds is 9. The maximum absolute atomic E-state index is 14.0. The Hall–Kier alpha value is -1.76. The van der Waals surface area contributed by atoms with Crippen molar-refractivity contribution in [3.05, 3.63) is 34.2 Å². The van der Waals surface area contributed by atoms with E-state index in [2.05, 4.69) is 4.90 Å². The van der Waals surface area contributed by atoms with Crippen LogP contribution in [0.3, 0.4) is 0 Å². The molecule has 1 atom stereocenters. The van der Waals surface area contributed by atoms with Crippen LogP contribution in [0.25, 0.3) is 10.2 Å². The first-order chi connectivity index (χ1) is 16.6. The average molecular weight is 557 g/mol. The Bertz CT molecular complexity index is 1320. The van der Waals surface area contributed by atoms with Crippen molar-refractivity contribution in [3.63, 3.8) is 0 Å². The zero-order chi connectivity index (χ0) is 25.3. The average Bonchev–Trinajstić information content (AvgIpc) is 3.56. The fourth-order valence-electron chi connectivity index (χ4n) is 4.23. The number of sulfonamides is 1. The Labute approximate surface area is 219 Å². The van der Waals surface area contributed by atoms with Crippen LogP contribution in [0.15, 0.2) is 28.5 Å². The molecule has 1 fully saturated rings. The van der Waals surface area contributed by atoms with Crippen molar-refractivity contribution < 1.29 is 17.9 Å². The van der Waals surface area contributed by atoms with Crippen LogP contribution < -0.4 is 9.64 Å². The van der Waals surface area contributed by atoms with Gasteiger partial charge in [-0.15, -0.1) is 11.3 Å². The molecule has 1 amide bonds. The molecule has 3 aromatic rings. The Morgan fingerprint density at radius 3 is 2.66 bits per heavy atom. The molecule has 190 valence electrons. The van der Waals surface area contributed by atoms with Crippen LogP contribution >= 0.6 is 34.3 Å². The van der Waals surface area contributed by atoms with Crippen molar-refractivity contribution in [2.45, 2.75) is 36.4 Å². The first kappa shape index (κ1) is 26.3. The van der Waals surface area contributed by atoms with E-state index in [1.54, 1.807) is 18.1 Å². The number of methoxy groups -OCH3 is 1. The SMILES string of the molecule is COc1ccc(C)c2sc(N(CCCN(C)C)C(=O)C3CCCN3S(=O)(=O)c3ccc(Cl)s3)nc12. The smallest absolute Gasteiger partial charge is 0.253 e. The number of aromatic nitrogens is 1. The number of amides is 1. The Morgan fingerprint density at radius 2 is 2.00 bits per heavy atom. The number of thiazole rings is 1. The summed E-state index contributed by atoms with van der Waals surface area (Å²) in [6.07, 6.45) is 1.81. The minimum Gasteiger partial charge on any atom is -0.494 e. The van der Waals surface area contributed by atoms with Crippen molar-refractivity contribution >= 4 is 65.6 Å². The van der Waals surface area contributed by atoms with Crippen LogP contribution in [-0.4, -0.2) is 75.4 Å². The largest absolute Gasteiger partial charge is 0.494 e. The quantitative estimate of drug-likeness (QED) is 0.387. The van der Waals surface area contributed by atoms with E-state index in [0.29, 0.717) is 46.7 Å². The summed E-state index contributed by atoms with van der Waals surface area (Å²) in [5.41, 5.74) is 1.76. The number of nitrogens with zero attached hydrogens (tertiary/aromatic N) is 4. The van der Waals surface area contributed by atoms with Gasteiger partial charge < -0.3 is 9.64 Å². The molecular weight excluding hydrogens is 528 g/mol. The minimum atomic E-state index is -3.83. The molecule has 4 rings (SSSR count). The summed E-state index contributed by atoms with van der Waals surface area (Å²) >= 11 is 8.44. The molecule has 0 N–H and O–H groups in total. The van der Waals surface area contributed by atoms with Gasteiger partial charge in [0.15, 0.2) is 5.13 Å². The van der Waals surface area contributed by atoms with Crippen LogP contribution in [0.1, 0.15) is 24.8 Å². The third-order valence-corrected chi connectivity index (χ3v) is 10.8. The number of hydrogen-bond acceptors (Lipinski definition) is 8. The van der Waals surface area contributed by atoms with Gasteiger partial charge >= 0.3 is 0 Å². The van der Waals surface area contributed by atoms with E-state index in [9.17, 15) is 13.2 Å². The van der Waals surface area contributed by atoms with Gasteiger partial charge in [0.05, 0.1) is 16.1 Å². The second-order valence-corrected chi connectivity index (χ2v) is 13.5. The molecule has 1 aliphatic rings. The van der Waals surface area contributed by atoms with Crippen molar-refractivity contribution in [2.75, 3.05) is 45.7 Å². The number of halogens is 1. The van der Waals surface area contributed by atoms with Crippen LogP contribution in [0.2, 0.25) is 4.34 Å². The molecule has 0 bridgehead atoms. The molecule has 8 nitrogen and oxygen atoms in total. The Balaban J connectivity index is 1.70. The Morgan fingerprint density at radius 1 is 1.23 bits per heavy atom. The number of ether oxygens (including phenoxy) is 1. The highest BCUT2D eigenvalue weighted by atomic mass is 35.5. The molecule has 2 aromatic heterocycles. The third-order valence-electron chi connectivity index (χ3n) is 6.00. The molecule has 3 heterocycles. The van der Waals surface area contributed by atoms with E-state index in [0.717, 1.165) is 34.6 Å². The van der Waals surface area contributed by atoms with Gasteiger partial charge in [-0.25, -0.2) is 13.4 Å². The van der Waals surface area contributed by atoms with Gasteiger partial charge in [0.2, 0.25) is 5.91 Å². The molecular formula is C23H29ClN4O4S3. The van der Waals surface area contributed by atoms with Gasteiger partial charge in [-0.2, -0.15) is 4.31 Å². The summed E-state index contributed by atoms with van der Waals surface area (Å²) in [7, 11) is 1.73. The summed E-state index contributed by atoms with van der Waals surface area (Å²) in [5.74, 6) is 0.400. The van der Waals surface area contributed by atoms with E-state index in [1.807, 2.05) is 33.2 Å². The number of carbonyl (C=O) groups is 1. The van der Waals surface area contributed by atoms with Gasteiger partial charge in [-0.1, -0.05) is 29.0 Å². The van der Waals surface area contributed by atoms with Crippen LogP contribution in [0, 0.1) is 6.92 Å². The molecule has 0 saturated carbocycles. The number of carbonyl (C=O) groups excluding carboxylic acids is 1. The molecule has 1 aromatic carbocycles.